The fourth-order valence-corrected chi connectivity index (χ4v) is 5.03. The zero-order chi connectivity index (χ0) is 38.3. The van der Waals surface area contributed by atoms with Gasteiger partial charge in [-0.05, 0) is 52.7 Å². The highest BCUT2D eigenvalue weighted by atomic mass is 33.1. The van der Waals surface area contributed by atoms with Crippen LogP contribution in [0, 0.1) is 5.92 Å². The lowest BCUT2D eigenvalue weighted by Crippen LogP contribution is -2.47. The van der Waals surface area contributed by atoms with Gasteiger partial charge in [-0.2, -0.15) is 0 Å². The van der Waals surface area contributed by atoms with Crippen molar-refractivity contribution in [2.75, 3.05) is 52.4 Å². The highest BCUT2D eigenvalue weighted by Gasteiger charge is 2.18. The first-order valence-corrected chi connectivity index (χ1v) is 19.2. The largest absolute Gasteiger partial charge is 0.486 e. The molecule has 49 heavy (non-hydrogen) atoms. The van der Waals surface area contributed by atoms with Gasteiger partial charge in [0.25, 0.3) is 0 Å². The van der Waals surface area contributed by atoms with E-state index in [1.54, 1.807) is 48.9 Å². The third-order valence-electron chi connectivity index (χ3n) is 5.73. The summed E-state index contributed by atoms with van der Waals surface area (Å²) in [4.78, 5) is 46.2. The first kappa shape index (κ1) is 50.7. The lowest BCUT2D eigenvalue weighted by atomic mass is 10.1. The molecule has 14 heteroatoms. The number of allylic oxidation sites excluding steroid dienone is 1. The fraction of sp³-hybridized carbons (Fsp3) is 0.714. The molecule has 0 spiro atoms. The number of amides is 4. The third kappa shape index (κ3) is 38.0. The van der Waals surface area contributed by atoms with E-state index < -0.39 is 12.2 Å². The normalized spacial score (nSPS) is 18.7. The van der Waals surface area contributed by atoms with E-state index in [0.29, 0.717) is 11.5 Å². The van der Waals surface area contributed by atoms with E-state index in [1.807, 2.05) is 32.9 Å². The van der Waals surface area contributed by atoms with Crippen molar-refractivity contribution < 1.29 is 33.4 Å². The highest BCUT2D eigenvalue weighted by molar-refractivity contribution is 8.76. The molecule has 0 aromatic rings. The van der Waals surface area contributed by atoms with Crippen LogP contribution in [0.25, 0.3) is 0 Å². The van der Waals surface area contributed by atoms with Gasteiger partial charge in [-0.3, -0.25) is 14.4 Å². The molecule has 1 aliphatic rings. The van der Waals surface area contributed by atoms with Gasteiger partial charge in [0.1, 0.15) is 12.4 Å². The quantitative estimate of drug-likeness (QED) is 0.163. The number of carbonyl (C=O) groups excluding carboxylic acids is 4. The summed E-state index contributed by atoms with van der Waals surface area (Å²) >= 11 is 0. The minimum Gasteiger partial charge on any atom is -0.486 e. The van der Waals surface area contributed by atoms with Crippen molar-refractivity contribution in [1.82, 2.24) is 26.6 Å². The molecule has 0 aromatic carbocycles. The summed E-state index contributed by atoms with van der Waals surface area (Å²) in [5, 5.41) is 13.4. The first-order valence-electron chi connectivity index (χ1n) is 16.7. The molecule has 0 aromatic heterocycles. The maximum absolute atomic E-state index is 12.2. The second-order valence-electron chi connectivity index (χ2n) is 12.4. The second kappa shape index (κ2) is 32.5. The summed E-state index contributed by atoms with van der Waals surface area (Å²) in [6.07, 6.45) is 7.98. The minimum absolute atomic E-state index is 0.00463. The molecular weight excluding hydrogens is 667 g/mol. The van der Waals surface area contributed by atoms with E-state index >= 15 is 0 Å². The summed E-state index contributed by atoms with van der Waals surface area (Å²) in [5.74, 6) is 1.98. The molecule has 0 radical (unpaired) electrons. The van der Waals surface area contributed by atoms with Gasteiger partial charge >= 0.3 is 6.09 Å². The maximum Gasteiger partial charge on any atom is 0.407 e. The third-order valence-corrected chi connectivity index (χ3v) is 8.17. The zero-order valence-electron chi connectivity index (χ0n) is 32.0. The van der Waals surface area contributed by atoms with Gasteiger partial charge in [0.2, 0.25) is 17.7 Å². The number of ether oxygens (including phenoxy) is 3. The van der Waals surface area contributed by atoms with E-state index in [9.17, 15) is 19.2 Å². The van der Waals surface area contributed by atoms with Crippen molar-refractivity contribution in [2.45, 2.75) is 105 Å². The van der Waals surface area contributed by atoms with Crippen molar-refractivity contribution in [2.24, 2.45) is 5.92 Å². The van der Waals surface area contributed by atoms with E-state index in [-0.39, 0.29) is 55.1 Å². The number of hydrogen-bond donors (Lipinski definition) is 5. The molecule has 0 aliphatic carbocycles. The predicted octanol–water partition coefficient (Wildman–Crippen LogP) is 5.36. The molecule has 12 nitrogen and oxygen atoms in total. The number of unbranched alkanes of at least 4 members (excludes halogenated alkanes) is 1. The lowest BCUT2D eigenvalue weighted by molar-refractivity contribution is -0.126. The Balaban J connectivity index is -0.00000117. The topological polar surface area (TPSA) is 156 Å². The summed E-state index contributed by atoms with van der Waals surface area (Å²) < 4.78 is 16.1. The van der Waals surface area contributed by atoms with Gasteiger partial charge < -0.3 is 40.8 Å². The molecule has 286 valence electrons. The minimum atomic E-state index is -0.547. The van der Waals surface area contributed by atoms with Gasteiger partial charge in [0.05, 0.1) is 30.8 Å². The van der Waals surface area contributed by atoms with Crippen LogP contribution in [0.15, 0.2) is 37.1 Å². The fourth-order valence-electron chi connectivity index (χ4n) is 2.79. The first-order chi connectivity index (χ1) is 23.0. The molecule has 0 bridgehead atoms. The number of likely N-dealkylation sites (N-methyl/N-ethyl adjacent to an activating group) is 1. The smallest absolute Gasteiger partial charge is 0.407 e. The Hall–Kier alpha value is -2.68. The molecular formula is C35H67N5O7S2. The average Bonchev–Trinajstić information content (AvgIpc) is 3.04. The second-order valence-corrected chi connectivity index (χ2v) is 15.1. The molecule has 0 saturated carbocycles. The van der Waals surface area contributed by atoms with Gasteiger partial charge in [0.15, 0.2) is 6.10 Å². The number of nitrogens with one attached hydrogen (secondary N) is 5. The zero-order valence-corrected chi connectivity index (χ0v) is 33.6. The van der Waals surface area contributed by atoms with Gasteiger partial charge in [0, 0.05) is 32.6 Å². The van der Waals surface area contributed by atoms with E-state index in [0.717, 1.165) is 37.4 Å². The Morgan fingerprint density at radius 2 is 1.73 bits per heavy atom. The molecule has 1 heterocycles. The molecule has 5 N–H and O–H groups in total. The Morgan fingerprint density at radius 1 is 1.14 bits per heavy atom. The van der Waals surface area contributed by atoms with E-state index in [4.69, 9.17) is 14.2 Å². The average molecular weight is 734 g/mol. The highest BCUT2D eigenvalue weighted by Crippen LogP contribution is 2.23. The van der Waals surface area contributed by atoms with Gasteiger partial charge in [-0.25, -0.2) is 4.79 Å². The summed E-state index contributed by atoms with van der Waals surface area (Å²) in [7, 11) is 8.26. The number of methoxy groups -OCH3 is 1. The number of alkyl carbamates (subject to hydrolysis) is 1. The molecule has 0 saturated heterocycles. The number of carbonyl (C=O) groups is 4. The summed E-state index contributed by atoms with van der Waals surface area (Å²) in [5.41, 5.74) is 0.0417. The molecule has 4 amide bonds. The monoisotopic (exact) mass is 733 g/mol. The Labute approximate surface area is 304 Å². The molecule has 1 rings (SSSR count). The Morgan fingerprint density at radius 3 is 2.22 bits per heavy atom. The van der Waals surface area contributed by atoms with Gasteiger partial charge in [-0.1, -0.05) is 80.9 Å². The van der Waals surface area contributed by atoms with Crippen LogP contribution in [0.5, 0.6) is 0 Å². The van der Waals surface area contributed by atoms with Crippen molar-refractivity contribution in [1.29, 1.82) is 0 Å². The Bertz CT molecular complexity index is 956. The maximum atomic E-state index is 12.2. The van der Waals surface area contributed by atoms with Crippen LogP contribution in [0.1, 0.15) is 81.1 Å². The molecule has 1 unspecified atom stereocenters. The summed E-state index contributed by atoms with van der Waals surface area (Å²) in [6, 6.07) is -0.530. The van der Waals surface area contributed by atoms with Crippen LogP contribution >= 0.6 is 21.6 Å². The van der Waals surface area contributed by atoms with Crippen LogP contribution in [0.4, 0.5) is 4.79 Å². The van der Waals surface area contributed by atoms with E-state index in [1.165, 1.54) is 6.92 Å². The van der Waals surface area contributed by atoms with Crippen molar-refractivity contribution in [3.63, 3.8) is 0 Å². The van der Waals surface area contributed by atoms with Crippen LogP contribution in [0.2, 0.25) is 0 Å². The van der Waals surface area contributed by atoms with Crippen molar-refractivity contribution in [3.05, 3.63) is 37.1 Å². The van der Waals surface area contributed by atoms with Crippen LogP contribution in [-0.4, -0.2) is 100 Å². The van der Waals surface area contributed by atoms with Crippen LogP contribution in [-0.2, 0) is 28.6 Å². The van der Waals surface area contributed by atoms with Crippen molar-refractivity contribution >= 4 is 45.4 Å². The van der Waals surface area contributed by atoms with Gasteiger partial charge in [-0.15, -0.1) is 6.58 Å². The Kier molecular flexibility index (Phi) is 33.6. The van der Waals surface area contributed by atoms with Crippen LogP contribution < -0.4 is 26.6 Å². The predicted molar refractivity (Wildman–Crippen MR) is 207 cm³/mol. The molecule has 1 aliphatic heterocycles. The summed E-state index contributed by atoms with van der Waals surface area (Å²) in [6.45, 7) is 23.6. The number of hydrogen-bond acceptors (Lipinski definition) is 10. The molecule has 0 fully saturated rings. The van der Waals surface area contributed by atoms with Crippen molar-refractivity contribution in [3.8, 4) is 0 Å². The van der Waals surface area contributed by atoms with Crippen LogP contribution in [0.3, 0.4) is 0 Å². The lowest BCUT2D eigenvalue weighted by Gasteiger charge is -2.20. The standard InChI is InChI=1S/C23H38N4O5S2.C5H12O.C4H10.C3H7NO/c1-5-7-10-18(6-2)27-23(30)31-15-19-11-8-9-12-33-34-16-20(24-4)22(29)26-14-21(28)25-13-17(3)32-19;1-5(2,3)6-4;1-4(2)3;1-3(5)4-2/h6,8,11,18-20,24H,2-3,5,7,9-10,12-16H2,1,4H3,(H,25,28)(H,26,29)(H,27,30);1-4H3;4H,1-3H3;1-2H3,(H,4,5)/b11-8+;;;/t18-,19?,20+;;;/m0.../s1. The SMILES string of the molecule is C=C[C@@H](CCCC)NC(=O)OCC1/C=C/CCSSC[C@@H](NC)C(=O)NCC(=O)NCC(=C)O1.CC(C)C.CNC(C)=O.COC(C)(C)C. The number of rotatable bonds is 8. The molecule has 3 atom stereocenters. The van der Waals surface area contributed by atoms with E-state index in [2.05, 4.69) is 67.4 Å².